The first-order valence-electron chi connectivity index (χ1n) is 4.05. The van der Waals surface area contributed by atoms with Crippen molar-refractivity contribution in [3.05, 3.63) is 28.5 Å². The number of aliphatic hydroxyl groups excluding tert-OH is 1. The van der Waals surface area contributed by atoms with Crippen molar-refractivity contribution < 1.29 is 27.4 Å². The molecule has 2 nitrogen and oxygen atoms in total. The Hall–Kier alpha value is -1.01. The van der Waals surface area contributed by atoms with Crippen LogP contribution in [0.25, 0.3) is 0 Å². The fourth-order valence-electron chi connectivity index (χ4n) is 1.18. The van der Waals surface area contributed by atoms with E-state index in [0.717, 1.165) is 19.2 Å². The van der Waals surface area contributed by atoms with Crippen molar-refractivity contribution in [3.63, 3.8) is 0 Å². The van der Waals surface area contributed by atoms with Gasteiger partial charge >= 0.3 is 6.18 Å². The Bertz CT molecular complexity index is 392. The summed E-state index contributed by atoms with van der Waals surface area (Å²) in [7, 11) is 0.999. The van der Waals surface area contributed by atoms with Crippen LogP contribution in [0.3, 0.4) is 0 Å². The van der Waals surface area contributed by atoms with Crippen LogP contribution in [0, 0.1) is 5.82 Å². The Morgan fingerprint density at radius 3 is 2.38 bits per heavy atom. The van der Waals surface area contributed by atoms with Crippen LogP contribution in [-0.4, -0.2) is 18.4 Å². The zero-order valence-electron chi connectivity index (χ0n) is 7.98. The third-order valence-electron chi connectivity index (χ3n) is 1.85. The second kappa shape index (κ2) is 4.47. The topological polar surface area (TPSA) is 29.5 Å². The van der Waals surface area contributed by atoms with Gasteiger partial charge in [-0.1, -0.05) is 11.6 Å². The predicted molar refractivity (Wildman–Crippen MR) is 49.0 cm³/mol. The molecule has 1 rings (SSSR count). The van der Waals surface area contributed by atoms with E-state index < -0.39 is 29.4 Å². The Labute approximate surface area is 93.4 Å². The number of methoxy groups -OCH3 is 1. The van der Waals surface area contributed by atoms with Gasteiger partial charge in [0.15, 0.2) is 17.7 Å². The van der Waals surface area contributed by atoms with Gasteiger partial charge in [0, 0.05) is 10.6 Å². The van der Waals surface area contributed by atoms with E-state index in [-0.39, 0.29) is 5.02 Å². The summed E-state index contributed by atoms with van der Waals surface area (Å²) in [5.41, 5.74) is -0.750. The van der Waals surface area contributed by atoms with E-state index in [1.54, 1.807) is 0 Å². The molecule has 1 aromatic rings. The zero-order valence-corrected chi connectivity index (χ0v) is 8.73. The maximum absolute atomic E-state index is 13.2. The molecule has 7 heteroatoms. The lowest BCUT2D eigenvalue weighted by Crippen LogP contribution is -2.21. The zero-order chi connectivity index (χ0) is 12.5. The number of ether oxygens (including phenoxy) is 1. The summed E-state index contributed by atoms with van der Waals surface area (Å²) in [6.45, 7) is 0. The van der Waals surface area contributed by atoms with Gasteiger partial charge < -0.3 is 9.84 Å². The highest BCUT2D eigenvalue weighted by Gasteiger charge is 2.41. The maximum atomic E-state index is 13.2. The molecule has 90 valence electrons. The van der Waals surface area contributed by atoms with Crippen LogP contribution in [0.4, 0.5) is 17.6 Å². The normalized spacial score (nSPS) is 13.7. The third kappa shape index (κ3) is 2.56. The van der Waals surface area contributed by atoms with Gasteiger partial charge in [-0.25, -0.2) is 4.39 Å². The number of benzene rings is 1. The molecule has 0 aliphatic carbocycles. The molecule has 0 aromatic heterocycles. The second-order valence-electron chi connectivity index (χ2n) is 2.95. The summed E-state index contributed by atoms with van der Waals surface area (Å²) in [4.78, 5) is 0. The van der Waals surface area contributed by atoms with Crippen molar-refractivity contribution in [1.82, 2.24) is 0 Å². The molecule has 0 amide bonds. The quantitative estimate of drug-likeness (QED) is 0.826. The SMILES string of the molecule is COc1c(F)cc(Cl)cc1[C@@H](O)C(F)(F)F. The van der Waals surface area contributed by atoms with E-state index in [0.29, 0.717) is 0 Å². The molecular weight excluding hydrogens is 252 g/mol. The van der Waals surface area contributed by atoms with Gasteiger partial charge in [-0.3, -0.25) is 0 Å². The fourth-order valence-corrected chi connectivity index (χ4v) is 1.39. The molecule has 1 N–H and O–H groups in total. The minimum Gasteiger partial charge on any atom is -0.493 e. The summed E-state index contributed by atoms with van der Waals surface area (Å²) < 4.78 is 54.4. The van der Waals surface area contributed by atoms with Crippen molar-refractivity contribution >= 4 is 11.6 Å². The van der Waals surface area contributed by atoms with Crippen LogP contribution in [0.5, 0.6) is 5.75 Å². The minimum atomic E-state index is -4.91. The number of alkyl halides is 3. The summed E-state index contributed by atoms with van der Waals surface area (Å²) in [6.07, 6.45) is -7.75. The predicted octanol–water partition coefficient (Wildman–Crippen LogP) is 3.08. The highest BCUT2D eigenvalue weighted by molar-refractivity contribution is 6.30. The molecule has 0 fully saturated rings. The Morgan fingerprint density at radius 2 is 1.94 bits per heavy atom. The van der Waals surface area contributed by atoms with Crippen molar-refractivity contribution in [2.24, 2.45) is 0 Å². The number of hydrogen-bond donors (Lipinski definition) is 1. The van der Waals surface area contributed by atoms with Gasteiger partial charge in [-0.2, -0.15) is 13.2 Å². The van der Waals surface area contributed by atoms with Gasteiger partial charge in [0.1, 0.15) is 0 Å². The van der Waals surface area contributed by atoms with Crippen LogP contribution in [-0.2, 0) is 0 Å². The minimum absolute atomic E-state index is 0.253. The summed E-state index contributed by atoms with van der Waals surface area (Å²) >= 11 is 5.40. The van der Waals surface area contributed by atoms with Gasteiger partial charge in [0.25, 0.3) is 0 Å². The van der Waals surface area contributed by atoms with E-state index >= 15 is 0 Å². The lowest BCUT2D eigenvalue weighted by atomic mass is 10.1. The molecule has 0 heterocycles. The van der Waals surface area contributed by atoms with E-state index in [9.17, 15) is 17.6 Å². The van der Waals surface area contributed by atoms with E-state index in [2.05, 4.69) is 4.74 Å². The molecule has 0 unspecified atom stereocenters. The van der Waals surface area contributed by atoms with E-state index in [1.807, 2.05) is 0 Å². The summed E-state index contributed by atoms with van der Waals surface area (Å²) in [6, 6.07) is 1.61. The molecule has 1 atom stereocenters. The smallest absolute Gasteiger partial charge is 0.418 e. The molecule has 16 heavy (non-hydrogen) atoms. The van der Waals surface area contributed by atoms with Crippen molar-refractivity contribution in [2.45, 2.75) is 12.3 Å². The van der Waals surface area contributed by atoms with Gasteiger partial charge in [-0.05, 0) is 12.1 Å². The highest BCUT2D eigenvalue weighted by Crippen LogP contribution is 2.39. The lowest BCUT2D eigenvalue weighted by Gasteiger charge is -2.18. The van der Waals surface area contributed by atoms with Crippen molar-refractivity contribution in [3.8, 4) is 5.75 Å². The molecular formula is C9H7ClF4O2. The van der Waals surface area contributed by atoms with Crippen molar-refractivity contribution in [1.29, 1.82) is 0 Å². The molecule has 0 spiro atoms. The first kappa shape index (κ1) is 13.1. The Kier molecular flexibility index (Phi) is 3.64. The lowest BCUT2D eigenvalue weighted by molar-refractivity contribution is -0.207. The third-order valence-corrected chi connectivity index (χ3v) is 2.06. The number of halogens is 5. The van der Waals surface area contributed by atoms with Crippen LogP contribution in [0.2, 0.25) is 5.02 Å². The highest BCUT2D eigenvalue weighted by atomic mass is 35.5. The Morgan fingerprint density at radius 1 is 1.38 bits per heavy atom. The second-order valence-corrected chi connectivity index (χ2v) is 3.39. The first-order valence-corrected chi connectivity index (χ1v) is 4.43. The van der Waals surface area contributed by atoms with Crippen LogP contribution < -0.4 is 4.74 Å². The van der Waals surface area contributed by atoms with Gasteiger partial charge in [0.05, 0.1) is 7.11 Å². The number of rotatable bonds is 2. The number of hydrogen-bond acceptors (Lipinski definition) is 2. The van der Waals surface area contributed by atoms with Gasteiger partial charge in [0.2, 0.25) is 0 Å². The molecule has 0 aliphatic rings. The van der Waals surface area contributed by atoms with Crippen LogP contribution in [0.15, 0.2) is 12.1 Å². The van der Waals surface area contributed by atoms with Crippen LogP contribution >= 0.6 is 11.6 Å². The summed E-state index contributed by atoms with van der Waals surface area (Å²) in [5, 5.41) is 8.73. The molecule has 0 radical (unpaired) electrons. The fraction of sp³-hybridized carbons (Fsp3) is 0.333. The van der Waals surface area contributed by atoms with Crippen molar-refractivity contribution in [2.75, 3.05) is 7.11 Å². The average Bonchev–Trinajstić information content (AvgIpc) is 2.14. The molecule has 0 aliphatic heterocycles. The average molecular weight is 259 g/mol. The maximum Gasteiger partial charge on any atom is 0.418 e. The van der Waals surface area contributed by atoms with Gasteiger partial charge in [-0.15, -0.1) is 0 Å². The molecule has 0 bridgehead atoms. The van der Waals surface area contributed by atoms with E-state index in [1.165, 1.54) is 0 Å². The monoisotopic (exact) mass is 258 g/mol. The summed E-state index contributed by atoms with van der Waals surface area (Å²) in [5.74, 6) is -1.73. The number of aliphatic hydroxyl groups is 1. The molecule has 0 saturated carbocycles. The van der Waals surface area contributed by atoms with Crippen LogP contribution in [0.1, 0.15) is 11.7 Å². The molecule has 1 aromatic carbocycles. The molecule has 0 saturated heterocycles. The first-order chi connectivity index (χ1) is 7.27. The Balaban J connectivity index is 3.31. The largest absolute Gasteiger partial charge is 0.493 e. The standard InChI is InChI=1S/C9H7ClF4O2/c1-16-7-5(8(15)9(12,13)14)2-4(10)3-6(7)11/h2-3,8,15H,1H3/t8-/m1/s1. The van der Waals surface area contributed by atoms with E-state index in [4.69, 9.17) is 16.7 Å².